The van der Waals surface area contributed by atoms with Gasteiger partial charge in [0.05, 0.1) is 6.42 Å². The van der Waals surface area contributed by atoms with Gasteiger partial charge in [-0.3, -0.25) is 14.2 Å². The lowest BCUT2D eigenvalue weighted by Crippen LogP contribution is -2.24. The van der Waals surface area contributed by atoms with Crippen molar-refractivity contribution in [2.75, 3.05) is 6.16 Å². The molecule has 2 unspecified atom stereocenters. The van der Waals surface area contributed by atoms with E-state index < -0.39 is 31.4 Å². The van der Waals surface area contributed by atoms with Crippen LogP contribution in [0.2, 0.25) is 0 Å². The van der Waals surface area contributed by atoms with Crippen LogP contribution < -0.4 is 0 Å². The summed E-state index contributed by atoms with van der Waals surface area (Å²) in [6.45, 7) is 1.35. The molecule has 0 radical (unpaired) electrons. The Morgan fingerprint density at radius 3 is 2.08 bits per heavy atom. The van der Waals surface area contributed by atoms with Crippen molar-refractivity contribution in [1.29, 1.82) is 0 Å². The third kappa shape index (κ3) is 3.57. The second-order valence-corrected chi connectivity index (χ2v) is 5.29. The van der Waals surface area contributed by atoms with E-state index in [0.29, 0.717) is 0 Å². The minimum absolute atomic E-state index is 0.239. The molecule has 0 saturated heterocycles. The number of hydrogen-bond acceptors (Lipinski definition) is 3. The summed E-state index contributed by atoms with van der Waals surface area (Å²) in [5.41, 5.74) is -1.70. The quantitative estimate of drug-likeness (QED) is 0.559. The minimum Gasteiger partial charge on any atom is -0.481 e. The summed E-state index contributed by atoms with van der Waals surface area (Å²) in [6.07, 6.45) is -1.06. The molecule has 0 aromatic carbocycles. The van der Waals surface area contributed by atoms with E-state index in [1.54, 1.807) is 0 Å². The van der Waals surface area contributed by atoms with Crippen LogP contribution in [0.15, 0.2) is 0 Å². The maximum Gasteiger partial charge on any atom is 0.316 e. The van der Waals surface area contributed by atoms with Gasteiger partial charge in [-0.25, -0.2) is 0 Å². The van der Waals surface area contributed by atoms with Crippen molar-refractivity contribution in [1.82, 2.24) is 0 Å². The van der Waals surface area contributed by atoms with E-state index in [1.165, 1.54) is 6.92 Å². The molecular formula is C6H11O6P. The monoisotopic (exact) mass is 210 g/mol. The lowest BCUT2D eigenvalue weighted by Gasteiger charge is -2.15. The van der Waals surface area contributed by atoms with Crippen LogP contribution in [0.1, 0.15) is 13.3 Å². The Bertz CT molecular complexity index is 260. The summed E-state index contributed by atoms with van der Waals surface area (Å²) in [4.78, 5) is 29.7. The smallest absolute Gasteiger partial charge is 0.316 e. The fourth-order valence-corrected chi connectivity index (χ4v) is 2.02. The van der Waals surface area contributed by atoms with Crippen LogP contribution in [-0.2, 0) is 14.2 Å². The van der Waals surface area contributed by atoms with Crippen LogP contribution in [0, 0.1) is 0 Å². The Morgan fingerprint density at radius 1 is 1.38 bits per heavy atom. The Hall–Kier alpha value is -0.870. The first-order chi connectivity index (χ1) is 5.81. The van der Waals surface area contributed by atoms with Crippen molar-refractivity contribution < 1.29 is 29.3 Å². The minimum atomic E-state index is -3.87. The number of rotatable bonds is 5. The predicted octanol–water partition coefficient (Wildman–Crippen LogP) is 0.205. The fraction of sp³-hybridized carbons (Fsp3) is 0.667. The summed E-state index contributed by atoms with van der Waals surface area (Å²) < 4.78 is 11.2. The summed E-state index contributed by atoms with van der Waals surface area (Å²) in [5.74, 6) is -2.94. The maximum absolute atomic E-state index is 11.2. The first-order valence-electron chi connectivity index (χ1n) is 3.57. The molecule has 3 N–H and O–H groups in total. The molecule has 0 aliphatic heterocycles. The average Bonchev–Trinajstić information content (AvgIpc) is 1.99. The van der Waals surface area contributed by atoms with Gasteiger partial charge in [0.25, 0.3) is 0 Å². The molecule has 7 heteroatoms. The number of carbonyl (C=O) groups is 2. The Kier molecular flexibility index (Phi) is 4.10. The lowest BCUT2D eigenvalue weighted by atomic mass is 10.3. The summed E-state index contributed by atoms with van der Waals surface area (Å²) in [5, 5.41) is 16.8. The van der Waals surface area contributed by atoms with Crippen molar-refractivity contribution in [2.24, 2.45) is 0 Å². The first kappa shape index (κ1) is 12.1. The van der Waals surface area contributed by atoms with Crippen molar-refractivity contribution >= 4 is 19.3 Å². The maximum atomic E-state index is 11.2. The molecule has 0 aromatic heterocycles. The normalized spacial score (nSPS) is 17.4. The van der Waals surface area contributed by atoms with Crippen LogP contribution in [-0.4, -0.2) is 38.9 Å². The van der Waals surface area contributed by atoms with Crippen molar-refractivity contribution in [3.8, 4) is 0 Å². The van der Waals surface area contributed by atoms with E-state index in [0.717, 1.165) is 0 Å². The molecule has 0 aliphatic carbocycles. The highest BCUT2D eigenvalue weighted by atomic mass is 31.2. The molecule has 0 fully saturated rings. The molecule has 0 aliphatic rings. The van der Waals surface area contributed by atoms with Crippen LogP contribution in [0.3, 0.4) is 0 Å². The van der Waals surface area contributed by atoms with Crippen molar-refractivity contribution in [3.05, 3.63) is 0 Å². The van der Waals surface area contributed by atoms with Gasteiger partial charge >= 0.3 is 11.9 Å². The second-order valence-electron chi connectivity index (χ2n) is 2.52. The molecule has 0 saturated carbocycles. The molecule has 76 valence electrons. The van der Waals surface area contributed by atoms with Crippen LogP contribution >= 0.6 is 7.37 Å². The third-order valence-corrected chi connectivity index (χ3v) is 3.88. The predicted molar refractivity (Wildman–Crippen MR) is 44.0 cm³/mol. The van der Waals surface area contributed by atoms with Gasteiger partial charge < -0.3 is 15.1 Å². The Balaban J connectivity index is 4.71. The van der Waals surface area contributed by atoms with Gasteiger partial charge in [0.15, 0.2) is 0 Å². The van der Waals surface area contributed by atoms with E-state index in [9.17, 15) is 14.2 Å². The van der Waals surface area contributed by atoms with Crippen LogP contribution in [0.25, 0.3) is 0 Å². The van der Waals surface area contributed by atoms with E-state index in [-0.39, 0.29) is 6.16 Å². The number of carboxylic acids is 2. The van der Waals surface area contributed by atoms with Gasteiger partial charge in [0, 0.05) is 6.16 Å². The zero-order valence-electron chi connectivity index (χ0n) is 7.01. The SMILES string of the molecule is CCP(=O)(O)C(CC(=O)O)C(=O)O. The third-order valence-electron chi connectivity index (χ3n) is 1.59. The van der Waals surface area contributed by atoms with Crippen LogP contribution in [0.4, 0.5) is 0 Å². The summed E-state index contributed by atoms with van der Waals surface area (Å²) >= 11 is 0. The lowest BCUT2D eigenvalue weighted by molar-refractivity contribution is -0.143. The molecule has 0 spiro atoms. The standard InChI is InChI=1S/C6H11O6P/c1-2-13(11,12)4(6(9)10)3-5(7)8/h4H,2-3H2,1H3,(H,7,8)(H,9,10)(H,11,12). The van der Waals surface area contributed by atoms with Gasteiger partial charge in [0.1, 0.15) is 5.66 Å². The zero-order chi connectivity index (χ0) is 10.6. The topological polar surface area (TPSA) is 112 Å². The van der Waals surface area contributed by atoms with Crippen LogP contribution in [0.5, 0.6) is 0 Å². The molecule has 0 bridgehead atoms. The van der Waals surface area contributed by atoms with Gasteiger partial charge in [-0.05, 0) is 0 Å². The van der Waals surface area contributed by atoms with Gasteiger partial charge in [-0.2, -0.15) is 0 Å². The number of carboxylic acid groups (broad SMARTS) is 2. The molecule has 0 aromatic rings. The Labute approximate surface area is 74.6 Å². The molecule has 2 atom stereocenters. The highest BCUT2D eigenvalue weighted by molar-refractivity contribution is 7.59. The molecule has 0 amide bonds. The number of aliphatic carboxylic acids is 2. The van der Waals surface area contributed by atoms with E-state index >= 15 is 0 Å². The summed E-state index contributed by atoms with van der Waals surface area (Å²) in [7, 11) is -3.87. The number of hydrogen-bond donors (Lipinski definition) is 3. The molecule has 13 heavy (non-hydrogen) atoms. The second kappa shape index (κ2) is 4.39. The average molecular weight is 210 g/mol. The van der Waals surface area contributed by atoms with Crippen molar-refractivity contribution in [3.63, 3.8) is 0 Å². The van der Waals surface area contributed by atoms with Crippen molar-refractivity contribution in [2.45, 2.75) is 19.0 Å². The molecule has 0 rings (SSSR count). The fourth-order valence-electron chi connectivity index (χ4n) is 0.788. The highest BCUT2D eigenvalue weighted by Gasteiger charge is 2.37. The highest BCUT2D eigenvalue weighted by Crippen LogP contribution is 2.47. The van der Waals surface area contributed by atoms with E-state index in [1.807, 2.05) is 0 Å². The summed E-state index contributed by atoms with van der Waals surface area (Å²) in [6, 6.07) is 0. The van der Waals surface area contributed by atoms with E-state index in [2.05, 4.69) is 0 Å². The molecular weight excluding hydrogens is 199 g/mol. The molecule has 6 nitrogen and oxygen atoms in total. The van der Waals surface area contributed by atoms with E-state index in [4.69, 9.17) is 15.1 Å². The Morgan fingerprint density at radius 2 is 1.85 bits per heavy atom. The first-order valence-corrected chi connectivity index (χ1v) is 5.48. The van der Waals surface area contributed by atoms with Gasteiger partial charge in [-0.15, -0.1) is 0 Å². The largest absolute Gasteiger partial charge is 0.481 e. The molecule has 0 heterocycles. The van der Waals surface area contributed by atoms with Gasteiger partial charge in [-0.1, -0.05) is 6.92 Å². The van der Waals surface area contributed by atoms with Gasteiger partial charge in [0.2, 0.25) is 7.37 Å². The zero-order valence-corrected chi connectivity index (χ0v) is 7.90.